The molecule has 2 unspecified atom stereocenters. The Hall–Kier alpha value is -1.72. The molecule has 0 N–H and O–H groups in total. The van der Waals surface area contributed by atoms with Crippen molar-refractivity contribution in [2.45, 2.75) is 25.9 Å². The minimum absolute atomic E-state index is 0.162. The number of methoxy groups -OCH3 is 2. The Labute approximate surface area is 93.4 Å². The van der Waals surface area contributed by atoms with Gasteiger partial charge in [-0.3, -0.25) is 9.98 Å². The molecule has 6 heteroatoms. The predicted molar refractivity (Wildman–Crippen MR) is 57.8 cm³/mol. The molecule has 1 aliphatic rings. The highest BCUT2D eigenvalue weighted by Gasteiger charge is 2.32. The molecule has 0 radical (unpaired) electrons. The molecule has 1 aliphatic heterocycles. The summed E-state index contributed by atoms with van der Waals surface area (Å²) in [6.45, 7) is 3.30. The molecule has 0 amide bonds. The van der Waals surface area contributed by atoms with E-state index in [1.807, 2.05) is 0 Å². The maximum absolute atomic E-state index is 11.4. The first-order chi connectivity index (χ1) is 7.51. The van der Waals surface area contributed by atoms with Gasteiger partial charge in [0.2, 0.25) is 0 Å². The molecule has 0 bridgehead atoms. The summed E-state index contributed by atoms with van der Waals surface area (Å²) >= 11 is 0. The first-order valence-electron chi connectivity index (χ1n) is 4.80. The van der Waals surface area contributed by atoms with E-state index in [0.29, 0.717) is 5.71 Å². The van der Waals surface area contributed by atoms with Crippen LogP contribution in [0.25, 0.3) is 0 Å². The van der Waals surface area contributed by atoms with Crippen molar-refractivity contribution < 1.29 is 19.1 Å². The fourth-order valence-corrected chi connectivity index (χ4v) is 1.41. The van der Waals surface area contributed by atoms with Crippen molar-refractivity contribution in [2.24, 2.45) is 9.98 Å². The number of hydrogen-bond donors (Lipinski definition) is 0. The molecule has 0 saturated carbocycles. The average Bonchev–Trinajstić information content (AvgIpc) is 2.29. The number of carbonyl (C=O) groups is 2. The Balaban J connectivity index is 2.96. The standard InChI is InChI=1S/C10H14N2O4/c1-5-7(9(13)15-3)12-6(2)8(11-5)10(14)16-4/h5,7H,1-4H3. The molecule has 1 rings (SSSR count). The molecular formula is C10H14N2O4. The van der Waals surface area contributed by atoms with Gasteiger partial charge in [-0.25, -0.2) is 9.59 Å². The number of hydrogen-bond acceptors (Lipinski definition) is 6. The third-order valence-corrected chi connectivity index (χ3v) is 2.29. The van der Waals surface area contributed by atoms with Gasteiger partial charge >= 0.3 is 11.9 Å². The zero-order valence-electron chi connectivity index (χ0n) is 9.68. The Kier molecular flexibility index (Phi) is 3.76. The van der Waals surface area contributed by atoms with Gasteiger partial charge in [0, 0.05) is 0 Å². The van der Waals surface area contributed by atoms with Gasteiger partial charge in [0.25, 0.3) is 0 Å². The van der Waals surface area contributed by atoms with Crippen molar-refractivity contribution in [3.63, 3.8) is 0 Å². The summed E-state index contributed by atoms with van der Waals surface area (Å²) in [5, 5.41) is 0. The third kappa shape index (κ3) is 2.26. The molecule has 0 aromatic carbocycles. The van der Waals surface area contributed by atoms with E-state index in [1.54, 1.807) is 13.8 Å². The van der Waals surface area contributed by atoms with Crippen LogP contribution in [0.4, 0.5) is 0 Å². The number of nitrogens with zero attached hydrogens (tertiary/aromatic N) is 2. The predicted octanol–water partition coefficient (Wildman–Crippen LogP) is 0.00500. The van der Waals surface area contributed by atoms with E-state index in [4.69, 9.17) is 0 Å². The van der Waals surface area contributed by atoms with Crippen molar-refractivity contribution in [1.82, 2.24) is 0 Å². The summed E-state index contributed by atoms with van der Waals surface area (Å²) in [5.41, 5.74) is 0.551. The van der Waals surface area contributed by atoms with E-state index in [2.05, 4.69) is 19.5 Å². The SMILES string of the molecule is COC(=O)C1=NC(C)C(C(=O)OC)N=C1C. The van der Waals surface area contributed by atoms with Gasteiger partial charge in [0.15, 0.2) is 11.8 Å². The lowest BCUT2D eigenvalue weighted by Gasteiger charge is -2.21. The van der Waals surface area contributed by atoms with Gasteiger partial charge in [-0.05, 0) is 13.8 Å². The van der Waals surface area contributed by atoms with Crippen LogP contribution in [0.5, 0.6) is 0 Å². The van der Waals surface area contributed by atoms with Crippen LogP contribution in [0.3, 0.4) is 0 Å². The molecule has 0 aliphatic carbocycles. The molecule has 0 fully saturated rings. The third-order valence-electron chi connectivity index (χ3n) is 2.29. The van der Waals surface area contributed by atoms with Crippen LogP contribution in [-0.2, 0) is 19.1 Å². The maximum atomic E-state index is 11.4. The first-order valence-corrected chi connectivity index (χ1v) is 4.80. The highest BCUT2D eigenvalue weighted by Crippen LogP contribution is 2.12. The summed E-state index contributed by atoms with van der Waals surface area (Å²) in [4.78, 5) is 30.9. The number of esters is 2. The van der Waals surface area contributed by atoms with Crippen molar-refractivity contribution in [3.05, 3.63) is 0 Å². The van der Waals surface area contributed by atoms with Crippen molar-refractivity contribution in [2.75, 3.05) is 14.2 Å². The highest BCUT2D eigenvalue weighted by atomic mass is 16.5. The van der Waals surface area contributed by atoms with Crippen molar-refractivity contribution in [3.8, 4) is 0 Å². The highest BCUT2D eigenvalue weighted by molar-refractivity contribution is 6.65. The van der Waals surface area contributed by atoms with Crippen LogP contribution in [0.15, 0.2) is 9.98 Å². The Bertz CT molecular complexity index is 373. The Morgan fingerprint density at radius 2 is 1.81 bits per heavy atom. The molecule has 88 valence electrons. The molecule has 0 aromatic heterocycles. The number of aliphatic imine (C=N–C) groups is 2. The summed E-state index contributed by atoms with van der Waals surface area (Å²) in [7, 11) is 2.56. The van der Waals surface area contributed by atoms with Gasteiger partial charge in [-0.1, -0.05) is 0 Å². The van der Waals surface area contributed by atoms with Crippen LogP contribution in [0, 0.1) is 0 Å². The monoisotopic (exact) mass is 226 g/mol. The van der Waals surface area contributed by atoms with E-state index in [1.165, 1.54) is 14.2 Å². The first kappa shape index (κ1) is 12.4. The van der Waals surface area contributed by atoms with Crippen LogP contribution in [0.2, 0.25) is 0 Å². The largest absolute Gasteiger partial charge is 0.467 e. The second-order valence-electron chi connectivity index (χ2n) is 3.39. The fraction of sp³-hybridized carbons (Fsp3) is 0.600. The molecule has 6 nitrogen and oxygen atoms in total. The minimum atomic E-state index is -0.682. The maximum Gasteiger partial charge on any atom is 0.358 e. The number of rotatable bonds is 2. The van der Waals surface area contributed by atoms with Gasteiger partial charge < -0.3 is 9.47 Å². The summed E-state index contributed by atoms with van der Waals surface area (Å²) in [6.07, 6.45) is 0. The second-order valence-corrected chi connectivity index (χ2v) is 3.39. The van der Waals surface area contributed by atoms with Gasteiger partial charge in [-0.2, -0.15) is 0 Å². The van der Waals surface area contributed by atoms with Crippen LogP contribution in [-0.4, -0.2) is 49.7 Å². The van der Waals surface area contributed by atoms with Crippen LogP contribution >= 0.6 is 0 Å². The van der Waals surface area contributed by atoms with Crippen molar-refractivity contribution in [1.29, 1.82) is 0 Å². The van der Waals surface area contributed by atoms with Gasteiger partial charge in [0.1, 0.15) is 0 Å². The summed E-state index contributed by atoms with van der Waals surface area (Å²) < 4.78 is 9.16. The smallest absolute Gasteiger partial charge is 0.358 e. The molecule has 0 saturated heterocycles. The lowest BCUT2D eigenvalue weighted by molar-refractivity contribution is -0.142. The Morgan fingerprint density at radius 1 is 1.19 bits per heavy atom. The van der Waals surface area contributed by atoms with E-state index in [0.717, 1.165) is 0 Å². The second kappa shape index (κ2) is 4.87. The lowest BCUT2D eigenvalue weighted by atomic mass is 10.1. The zero-order chi connectivity index (χ0) is 12.3. The molecule has 0 aromatic rings. The molecule has 16 heavy (non-hydrogen) atoms. The van der Waals surface area contributed by atoms with Gasteiger partial charge in [0.05, 0.1) is 26.0 Å². The molecule has 0 spiro atoms. The molecule has 2 atom stereocenters. The minimum Gasteiger partial charge on any atom is -0.467 e. The Morgan fingerprint density at radius 3 is 2.31 bits per heavy atom. The van der Waals surface area contributed by atoms with E-state index in [9.17, 15) is 9.59 Å². The quantitative estimate of drug-likeness (QED) is 0.621. The summed E-state index contributed by atoms with van der Waals surface area (Å²) in [6, 6.07) is -1.11. The molecule has 1 heterocycles. The number of ether oxygens (including phenoxy) is 2. The average molecular weight is 226 g/mol. The lowest BCUT2D eigenvalue weighted by Crippen LogP contribution is -2.39. The molecular weight excluding hydrogens is 212 g/mol. The van der Waals surface area contributed by atoms with E-state index in [-0.39, 0.29) is 5.71 Å². The fourth-order valence-electron chi connectivity index (χ4n) is 1.41. The van der Waals surface area contributed by atoms with E-state index < -0.39 is 24.0 Å². The van der Waals surface area contributed by atoms with Gasteiger partial charge in [-0.15, -0.1) is 0 Å². The van der Waals surface area contributed by atoms with Crippen LogP contribution in [0.1, 0.15) is 13.8 Å². The topological polar surface area (TPSA) is 77.3 Å². The summed E-state index contributed by atoms with van der Waals surface area (Å²) in [5.74, 6) is -1.00. The normalized spacial score (nSPS) is 24.2. The number of carbonyl (C=O) groups excluding carboxylic acids is 2. The zero-order valence-corrected chi connectivity index (χ0v) is 9.68. The van der Waals surface area contributed by atoms with Crippen molar-refractivity contribution >= 4 is 23.4 Å². The van der Waals surface area contributed by atoms with Crippen LogP contribution < -0.4 is 0 Å². The van der Waals surface area contributed by atoms with E-state index >= 15 is 0 Å².